The van der Waals surface area contributed by atoms with E-state index in [2.05, 4.69) is 9.47 Å². The van der Waals surface area contributed by atoms with E-state index in [9.17, 15) is 26.3 Å². The molecule has 0 spiro atoms. The van der Waals surface area contributed by atoms with Crippen LogP contribution in [0.1, 0.15) is 46.0 Å². The van der Waals surface area contributed by atoms with E-state index in [-0.39, 0.29) is 12.8 Å². The fourth-order valence-corrected chi connectivity index (χ4v) is 2.21. The molecule has 1 fully saturated rings. The van der Waals surface area contributed by atoms with Crippen LogP contribution in [0.2, 0.25) is 0 Å². The summed E-state index contributed by atoms with van der Waals surface area (Å²) in [5.74, 6) is -4.49. The van der Waals surface area contributed by atoms with E-state index < -0.39 is 30.3 Å². The van der Waals surface area contributed by atoms with Gasteiger partial charge in [0.25, 0.3) is 0 Å². The van der Waals surface area contributed by atoms with Crippen molar-refractivity contribution in [2.75, 3.05) is 0 Å². The van der Waals surface area contributed by atoms with Gasteiger partial charge in [0.1, 0.15) is 0 Å². The molecule has 2 nitrogen and oxygen atoms in total. The Balaban J connectivity index is 3.04. The summed E-state index contributed by atoms with van der Waals surface area (Å²) < 4.78 is 85.8. The molecular weight excluding hydrogens is 290 g/mol. The normalized spacial score (nSPS) is 27.0. The van der Waals surface area contributed by atoms with Gasteiger partial charge >= 0.3 is 18.1 Å². The monoisotopic (exact) mass is 308 g/mol. The smallest absolute Gasteiger partial charge is 0.329 e. The fourth-order valence-electron chi connectivity index (χ4n) is 2.21. The van der Waals surface area contributed by atoms with Gasteiger partial charge in [-0.05, 0) is 12.8 Å². The summed E-state index contributed by atoms with van der Waals surface area (Å²) in [7, 11) is 0. The van der Waals surface area contributed by atoms with Gasteiger partial charge in [0, 0.05) is 0 Å². The van der Waals surface area contributed by atoms with E-state index in [1.165, 1.54) is 0 Å². The largest absolute Gasteiger partial charge is 0.453 e. The van der Waals surface area contributed by atoms with Gasteiger partial charge in [-0.1, -0.05) is 33.1 Å². The summed E-state index contributed by atoms with van der Waals surface area (Å²) in [6.07, 6.45) is -11.9. The quantitative estimate of drug-likeness (QED) is 0.692. The second-order valence-electron chi connectivity index (χ2n) is 4.86. The number of hydrogen-bond donors (Lipinski definition) is 0. The third-order valence-electron chi connectivity index (χ3n) is 3.21. The zero-order valence-electron chi connectivity index (χ0n) is 11.3. The average molecular weight is 308 g/mol. The fraction of sp³-hybridized carbons (Fsp3) is 1.00. The predicted octanol–water partition coefficient (Wildman–Crippen LogP) is 4.58. The lowest BCUT2D eigenvalue weighted by atomic mass is 10.0. The van der Waals surface area contributed by atoms with Crippen molar-refractivity contribution in [3.8, 4) is 0 Å². The zero-order chi connectivity index (χ0) is 15.6. The van der Waals surface area contributed by atoms with Crippen LogP contribution in [-0.4, -0.2) is 30.3 Å². The van der Waals surface area contributed by atoms with Gasteiger partial charge in [-0.2, -0.15) is 26.3 Å². The molecule has 0 aromatic carbocycles. The van der Waals surface area contributed by atoms with Crippen LogP contribution in [0.5, 0.6) is 0 Å². The Morgan fingerprint density at radius 2 is 1.25 bits per heavy atom. The van der Waals surface area contributed by atoms with Crippen LogP contribution in [0, 0.1) is 0 Å². The van der Waals surface area contributed by atoms with Crippen LogP contribution in [0.4, 0.5) is 26.3 Å². The molecule has 120 valence electrons. The molecule has 1 saturated heterocycles. The molecule has 0 saturated carbocycles. The van der Waals surface area contributed by atoms with Crippen LogP contribution in [-0.2, 0) is 9.47 Å². The van der Waals surface area contributed by atoms with Crippen LogP contribution < -0.4 is 0 Å². The summed E-state index contributed by atoms with van der Waals surface area (Å²) in [4.78, 5) is 0. The molecule has 20 heavy (non-hydrogen) atoms. The molecule has 1 rings (SSSR count). The van der Waals surface area contributed by atoms with Crippen molar-refractivity contribution in [3.63, 3.8) is 0 Å². The molecule has 0 aliphatic carbocycles. The maximum Gasteiger partial charge on any atom is 0.453 e. The van der Waals surface area contributed by atoms with Gasteiger partial charge in [-0.15, -0.1) is 0 Å². The van der Waals surface area contributed by atoms with E-state index in [1.807, 2.05) is 0 Å². The first-order valence-corrected chi connectivity index (χ1v) is 6.58. The molecule has 8 heteroatoms. The van der Waals surface area contributed by atoms with E-state index in [0.717, 1.165) is 0 Å². The summed E-state index contributed by atoms with van der Waals surface area (Å²) >= 11 is 0. The topological polar surface area (TPSA) is 18.5 Å². The second-order valence-corrected chi connectivity index (χ2v) is 4.86. The highest BCUT2D eigenvalue weighted by Gasteiger charge is 2.78. The second kappa shape index (κ2) is 6.09. The highest BCUT2D eigenvalue weighted by molar-refractivity contribution is 4.96. The van der Waals surface area contributed by atoms with Crippen molar-refractivity contribution in [3.05, 3.63) is 0 Å². The minimum absolute atomic E-state index is 0.0995. The molecule has 2 atom stereocenters. The van der Waals surface area contributed by atoms with Gasteiger partial charge in [-0.3, -0.25) is 0 Å². The molecular formula is C12H18F6O2. The molecule has 0 bridgehead atoms. The number of hydrogen-bond acceptors (Lipinski definition) is 2. The van der Waals surface area contributed by atoms with Crippen molar-refractivity contribution in [2.24, 2.45) is 0 Å². The Morgan fingerprint density at radius 1 is 0.800 bits per heavy atom. The lowest BCUT2D eigenvalue weighted by molar-refractivity contribution is -0.446. The number of unbranched alkanes of at least 4 members (excludes halogenated alkanes) is 1. The maximum atomic E-state index is 12.9. The Bertz CT molecular complexity index is 298. The minimum Gasteiger partial charge on any atom is -0.329 e. The van der Waals surface area contributed by atoms with E-state index in [0.29, 0.717) is 19.3 Å². The van der Waals surface area contributed by atoms with Crippen LogP contribution in [0.25, 0.3) is 0 Å². The number of alkyl halides is 6. The molecule has 1 aliphatic heterocycles. The molecule has 0 aromatic rings. The van der Waals surface area contributed by atoms with Crippen molar-refractivity contribution >= 4 is 0 Å². The van der Waals surface area contributed by atoms with Gasteiger partial charge < -0.3 is 9.47 Å². The standard InChI is InChI=1S/C12H18F6O2/c1-3-5-7-9-8(6-4-2)19-10(20-9,11(13,14)15)12(16,17)18/h8-9H,3-7H2,1-2H3/t8-,9-/m0/s1. The first-order chi connectivity index (χ1) is 9.09. The van der Waals surface area contributed by atoms with Crippen molar-refractivity contribution in [1.82, 2.24) is 0 Å². The molecule has 0 aromatic heterocycles. The average Bonchev–Trinajstić information content (AvgIpc) is 2.66. The van der Waals surface area contributed by atoms with Crippen LogP contribution in [0.15, 0.2) is 0 Å². The first kappa shape index (κ1) is 17.6. The molecule has 1 aliphatic rings. The van der Waals surface area contributed by atoms with Crippen LogP contribution >= 0.6 is 0 Å². The van der Waals surface area contributed by atoms with Crippen molar-refractivity contribution in [2.45, 2.75) is 76.3 Å². The summed E-state index contributed by atoms with van der Waals surface area (Å²) in [6.45, 7) is 3.47. The van der Waals surface area contributed by atoms with Crippen LogP contribution in [0.3, 0.4) is 0 Å². The number of rotatable bonds is 5. The highest BCUT2D eigenvalue weighted by Crippen LogP contribution is 2.52. The van der Waals surface area contributed by atoms with Gasteiger partial charge in [0.2, 0.25) is 0 Å². The number of ether oxygens (including phenoxy) is 2. The Hall–Kier alpha value is -0.500. The third kappa shape index (κ3) is 3.21. The van der Waals surface area contributed by atoms with Crippen molar-refractivity contribution in [1.29, 1.82) is 0 Å². The molecule has 0 radical (unpaired) electrons. The molecule has 1 heterocycles. The molecule has 0 N–H and O–H groups in total. The van der Waals surface area contributed by atoms with Gasteiger partial charge in [-0.25, -0.2) is 0 Å². The van der Waals surface area contributed by atoms with E-state index in [4.69, 9.17) is 0 Å². The highest BCUT2D eigenvalue weighted by atomic mass is 19.4. The predicted molar refractivity (Wildman–Crippen MR) is 59.0 cm³/mol. The Morgan fingerprint density at radius 3 is 1.60 bits per heavy atom. The first-order valence-electron chi connectivity index (χ1n) is 6.58. The Labute approximate surface area is 113 Å². The maximum absolute atomic E-state index is 12.9. The van der Waals surface area contributed by atoms with E-state index >= 15 is 0 Å². The number of halogens is 6. The lowest BCUT2D eigenvalue weighted by Gasteiger charge is -2.31. The molecule has 0 unspecified atom stereocenters. The summed E-state index contributed by atoms with van der Waals surface area (Å²) in [5, 5.41) is 0. The summed E-state index contributed by atoms with van der Waals surface area (Å²) in [6, 6.07) is 0. The lowest BCUT2D eigenvalue weighted by Crippen LogP contribution is -2.58. The zero-order valence-corrected chi connectivity index (χ0v) is 11.3. The molecule has 0 amide bonds. The minimum atomic E-state index is -5.65. The van der Waals surface area contributed by atoms with Crippen molar-refractivity contribution < 1.29 is 35.8 Å². The SMILES string of the molecule is CCCC[C@@H]1OC(C(F)(F)F)(C(F)(F)F)O[C@H]1CCC. The van der Waals surface area contributed by atoms with E-state index in [1.54, 1.807) is 13.8 Å². The Kier molecular flexibility index (Phi) is 5.34. The van der Waals surface area contributed by atoms with Gasteiger partial charge in [0.05, 0.1) is 12.2 Å². The third-order valence-corrected chi connectivity index (χ3v) is 3.21. The van der Waals surface area contributed by atoms with Gasteiger partial charge in [0.15, 0.2) is 0 Å². The summed E-state index contributed by atoms with van der Waals surface area (Å²) in [5.41, 5.74) is 0.